The molecule has 1 aliphatic heterocycles. The molecule has 1 N–H and O–H groups in total. The Kier molecular flexibility index (Phi) is 11.3. The van der Waals surface area contributed by atoms with Gasteiger partial charge in [0.25, 0.3) is 0 Å². The molecule has 0 bridgehead atoms. The number of hydrogen-bond acceptors (Lipinski definition) is 4. The zero-order valence-electron chi connectivity index (χ0n) is 27.1. The normalized spacial score (nSPS) is 15.0. The van der Waals surface area contributed by atoms with Crippen LogP contribution in [0.2, 0.25) is 0 Å². The lowest BCUT2D eigenvalue weighted by Gasteiger charge is -2.27. The maximum absolute atomic E-state index is 13.9. The Hall–Kier alpha value is -4.10. The summed E-state index contributed by atoms with van der Waals surface area (Å²) in [6.45, 7) is 7.81. The number of para-hydroxylation sites is 1. The number of amides is 2. The number of carbonyl (C=O) groups excluding carboxylic acids is 2. The Bertz CT molecular complexity index is 1560. The number of aromatic nitrogens is 1. The third-order valence-electron chi connectivity index (χ3n) is 8.81. The first-order chi connectivity index (χ1) is 21.9. The van der Waals surface area contributed by atoms with Crippen molar-refractivity contribution in [2.24, 2.45) is 7.05 Å². The Labute approximate surface area is 268 Å². The molecule has 0 saturated heterocycles. The fourth-order valence-corrected chi connectivity index (χ4v) is 6.11. The molecule has 0 aliphatic carbocycles. The summed E-state index contributed by atoms with van der Waals surface area (Å²) >= 11 is 0. The van der Waals surface area contributed by atoms with Gasteiger partial charge in [-0.2, -0.15) is 0 Å². The highest BCUT2D eigenvalue weighted by molar-refractivity contribution is 5.84. The average Bonchev–Trinajstić information content (AvgIpc) is 3.37. The number of carbonyl (C=O) groups is 2. The van der Waals surface area contributed by atoms with Crippen molar-refractivity contribution in [3.05, 3.63) is 101 Å². The maximum Gasteiger partial charge on any atom is 0.234 e. The highest BCUT2D eigenvalue weighted by Crippen LogP contribution is 2.26. The summed E-state index contributed by atoms with van der Waals surface area (Å²) in [5.41, 5.74) is 5.74. The summed E-state index contributed by atoms with van der Waals surface area (Å²) in [5.74, 6) is 1.09. The predicted molar refractivity (Wildman–Crippen MR) is 181 cm³/mol. The van der Waals surface area contributed by atoms with Crippen LogP contribution in [0.1, 0.15) is 61.8 Å². The van der Waals surface area contributed by atoms with Gasteiger partial charge in [-0.15, -0.1) is 0 Å². The molecule has 1 aromatic heterocycles. The number of rotatable bonds is 9. The van der Waals surface area contributed by atoms with Crippen molar-refractivity contribution < 1.29 is 14.3 Å². The van der Waals surface area contributed by atoms with Crippen LogP contribution in [0.3, 0.4) is 0 Å². The van der Waals surface area contributed by atoms with Crippen molar-refractivity contribution in [1.82, 2.24) is 19.7 Å². The van der Waals surface area contributed by atoms with E-state index in [0.717, 1.165) is 42.6 Å². The van der Waals surface area contributed by atoms with E-state index in [4.69, 9.17) is 4.74 Å². The fraction of sp³-hybridized carbons (Fsp3) is 0.421. The van der Waals surface area contributed by atoms with Crippen molar-refractivity contribution in [3.8, 4) is 5.75 Å². The largest absolute Gasteiger partial charge is 0.493 e. The van der Waals surface area contributed by atoms with Crippen LogP contribution in [0.25, 0.3) is 10.9 Å². The third kappa shape index (κ3) is 8.98. The average molecular weight is 609 g/mol. The number of fused-ring (bicyclic) bond motifs is 2. The molecule has 3 aromatic carbocycles. The standard InChI is InChI=1S/C38H48N4O3/c1-29(2)42-26-32-24-31(16-18-36(32)45-23-11-5-10-21-39-37(43)28-42)17-19-38(44)41(22-20-30-12-6-4-7-13-30)27-33-25-40(3)35-15-9-8-14-34(33)35/h4,6-9,12-16,18,24-25,29H,5,10-11,17,19-23,26-28H2,1-3H3,(H,39,43). The minimum absolute atomic E-state index is 0.0638. The van der Waals surface area contributed by atoms with E-state index in [0.29, 0.717) is 52.2 Å². The molecular weight excluding hydrogens is 560 g/mol. The quantitative estimate of drug-likeness (QED) is 0.243. The fourth-order valence-electron chi connectivity index (χ4n) is 6.11. The number of nitrogens with zero attached hydrogens (tertiary/aromatic N) is 3. The van der Waals surface area contributed by atoms with Gasteiger partial charge in [-0.1, -0.05) is 60.7 Å². The Morgan fingerprint density at radius 3 is 2.56 bits per heavy atom. The maximum atomic E-state index is 13.9. The molecule has 0 fully saturated rings. The van der Waals surface area contributed by atoms with Crippen molar-refractivity contribution in [2.75, 3.05) is 26.2 Å². The lowest BCUT2D eigenvalue weighted by atomic mass is 10.0. The molecule has 238 valence electrons. The number of nitrogens with one attached hydrogen (secondary N) is 1. The molecular formula is C38H48N4O3. The van der Waals surface area contributed by atoms with E-state index in [2.05, 4.69) is 109 Å². The highest BCUT2D eigenvalue weighted by Gasteiger charge is 2.20. The van der Waals surface area contributed by atoms with Gasteiger partial charge < -0.3 is 19.5 Å². The van der Waals surface area contributed by atoms with Crippen LogP contribution in [-0.2, 0) is 42.6 Å². The van der Waals surface area contributed by atoms with Crippen molar-refractivity contribution >= 4 is 22.7 Å². The molecule has 7 heteroatoms. The van der Waals surface area contributed by atoms with E-state index in [1.807, 2.05) is 11.0 Å². The van der Waals surface area contributed by atoms with Crippen LogP contribution in [0, 0.1) is 0 Å². The lowest BCUT2D eigenvalue weighted by molar-refractivity contribution is -0.131. The van der Waals surface area contributed by atoms with Gasteiger partial charge in [-0.25, -0.2) is 0 Å². The molecule has 2 heterocycles. The van der Waals surface area contributed by atoms with Crippen LogP contribution in [0.15, 0.2) is 79.0 Å². The summed E-state index contributed by atoms with van der Waals surface area (Å²) in [5, 5.41) is 4.26. The molecule has 0 unspecified atom stereocenters. The molecule has 45 heavy (non-hydrogen) atoms. The van der Waals surface area contributed by atoms with E-state index in [1.54, 1.807) is 0 Å². The van der Waals surface area contributed by atoms with Gasteiger partial charge in [0.15, 0.2) is 0 Å². The van der Waals surface area contributed by atoms with Gasteiger partial charge in [0.05, 0.1) is 13.2 Å². The first-order valence-corrected chi connectivity index (χ1v) is 16.5. The zero-order chi connectivity index (χ0) is 31.6. The molecule has 4 aromatic rings. The molecule has 0 radical (unpaired) electrons. The highest BCUT2D eigenvalue weighted by atomic mass is 16.5. The third-order valence-corrected chi connectivity index (χ3v) is 8.81. The Morgan fingerprint density at radius 2 is 1.73 bits per heavy atom. The van der Waals surface area contributed by atoms with E-state index in [-0.39, 0.29) is 17.9 Å². The Morgan fingerprint density at radius 1 is 0.933 bits per heavy atom. The number of ether oxygens (including phenoxy) is 1. The molecule has 7 nitrogen and oxygen atoms in total. The SMILES string of the molecule is CC(C)N1CC(=O)NCCCCCOc2ccc(CCC(=O)N(CCc3ccccc3)Cc3cn(C)c4ccccc34)cc2C1. The van der Waals surface area contributed by atoms with E-state index in [1.165, 1.54) is 22.0 Å². The predicted octanol–water partition coefficient (Wildman–Crippen LogP) is 6.27. The molecule has 0 saturated carbocycles. The van der Waals surface area contributed by atoms with Crippen LogP contribution >= 0.6 is 0 Å². The van der Waals surface area contributed by atoms with Crippen LogP contribution < -0.4 is 10.1 Å². The number of benzene rings is 3. The molecule has 0 atom stereocenters. The van der Waals surface area contributed by atoms with Crippen molar-refractivity contribution in [2.45, 2.75) is 71.5 Å². The molecule has 2 amide bonds. The van der Waals surface area contributed by atoms with Gasteiger partial charge >= 0.3 is 0 Å². The van der Waals surface area contributed by atoms with E-state index in [9.17, 15) is 9.59 Å². The van der Waals surface area contributed by atoms with Gasteiger partial charge in [0.2, 0.25) is 11.8 Å². The van der Waals surface area contributed by atoms with Gasteiger partial charge in [0.1, 0.15) is 5.75 Å². The molecule has 0 spiro atoms. The molecule has 1 aliphatic rings. The minimum Gasteiger partial charge on any atom is -0.493 e. The topological polar surface area (TPSA) is 66.8 Å². The van der Waals surface area contributed by atoms with Crippen LogP contribution in [0.4, 0.5) is 0 Å². The Balaban J connectivity index is 1.32. The van der Waals surface area contributed by atoms with Crippen LogP contribution in [0.5, 0.6) is 5.75 Å². The first kappa shape index (κ1) is 32.3. The first-order valence-electron chi connectivity index (χ1n) is 16.5. The summed E-state index contributed by atoms with van der Waals surface area (Å²) < 4.78 is 8.39. The summed E-state index contributed by atoms with van der Waals surface area (Å²) in [7, 11) is 2.06. The van der Waals surface area contributed by atoms with E-state index < -0.39 is 0 Å². The van der Waals surface area contributed by atoms with Gasteiger partial charge in [0, 0.05) is 68.4 Å². The van der Waals surface area contributed by atoms with Crippen LogP contribution in [-0.4, -0.2) is 58.5 Å². The molecule has 5 rings (SSSR count). The summed E-state index contributed by atoms with van der Waals surface area (Å²) in [4.78, 5) is 30.7. The number of aryl methyl sites for hydroxylation is 2. The minimum atomic E-state index is 0.0638. The summed E-state index contributed by atoms with van der Waals surface area (Å²) in [6.07, 6.45) is 6.96. The van der Waals surface area contributed by atoms with Crippen molar-refractivity contribution in [1.29, 1.82) is 0 Å². The number of hydrogen-bond donors (Lipinski definition) is 1. The lowest BCUT2D eigenvalue weighted by Crippen LogP contribution is -2.40. The summed E-state index contributed by atoms with van der Waals surface area (Å²) in [6, 6.07) is 25.3. The van der Waals surface area contributed by atoms with Gasteiger partial charge in [-0.3, -0.25) is 14.5 Å². The zero-order valence-corrected chi connectivity index (χ0v) is 27.1. The monoisotopic (exact) mass is 608 g/mol. The van der Waals surface area contributed by atoms with Crippen molar-refractivity contribution in [3.63, 3.8) is 0 Å². The smallest absolute Gasteiger partial charge is 0.234 e. The van der Waals surface area contributed by atoms with Gasteiger partial charge in [-0.05, 0) is 74.8 Å². The second kappa shape index (κ2) is 15.8. The second-order valence-corrected chi connectivity index (χ2v) is 12.5. The van der Waals surface area contributed by atoms with E-state index >= 15 is 0 Å². The second-order valence-electron chi connectivity index (χ2n) is 12.5.